The van der Waals surface area contributed by atoms with E-state index in [0.29, 0.717) is 13.2 Å². The van der Waals surface area contributed by atoms with Crippen LogP contribution in [0.5, 0.6) is 0 Å². The van der Waals surface area contributed by atoms with Gasteiger partial charge in [-0.1, -0.05) is 30.3 Å². The van der Waals surface area contributed by atoms with Gasteiger partial charge in [-0.3, -0.25) is 0 Å². The van der Waals surface area contributed by atoms with E-state index < -0.39 is 17.9 Å². The Morgan fingerprint density at radius 1 is 0.920 bits per heavy atom. The summed E-state index contributed by atoms with van der Waals surface area (Å²) in [7, 11) is 0. The van der Waals surface area contributed by atoms with Gasteiger partial charge in [-0.15, -0.1) is 0 Å². The molecule has 0 radical (unpaired) electrons. The summed E-state index contributed by atoms with van der Waals surface area (Å²) in [6.07, 6.45) is -1.60. The van der Waals surface area contributed by atoms with Crippen molar-refractivity contribution in [1.82, 2.24) is 0 Å². The molecule has 3 aliphatic rings. The van der Waals surface area contributed by atoms with Crippen molar-refractivity contribution in [2.45, 2.75) is 76.6 Å². The third-order valence-electron chi connectivity index (χ3n) is 4.70. The quantitative estimate of drug-likeness (QED) is 0.835. The van der Waals surface area contributed by atoms with Crippen LogP contribution in [0.4, 0.5) is 0 Å². The van der Waals surface area contributed by atoms with Crippen LogP contribution in [0.2, 0.25) is 0 Å². The molecule has 1 aromatic rings. The van der Waals surface area contributed by atoms with E-state index in [-0.39, 0.29) is 24.4 Å². The van der Waals surface area contributed by atoms with Crippen LogP contribution >= 0.6 is 0 Å². The Kier molecular flexibility index (Phi) is 4.38. The van der Waals surface area contributed by atoms with E-state index in [1.807, 2.05) is 58.0 Å². The van der Waals surface area contributed by atoms with E-state index >= 15 is 0 Å². The van der Waals surface area contributed by atoms with Gasteiger partial charge in [0.1, 0.15) is 24.4 Å². The molecule has 5 atom stereocenters. The highest BCUT2D eigenvalue weighted by Gasteiger charge is 2.58. The topological polar surface area (TPSA) is 55.4 Å². The minimum absolute atomic E-state index is 0.243. The maximum atomic E-state index is 6.14. The molecule has 3 heterocycles. The predicted octanol–water partition coefficient (Wildman–Crippen LogP) is 2.60. The van der Waals surface area contributed by atoms with Gasteiger partial charge in [-0.05, 0) is 33.3 Å². The van der Waals surface area contributed by atoms with Crippen molar-refractivity contribution in [2.24, 2.45) is 0 Å². The Hall–Kier alpha value is -1.02. The molecule has 0 aliphatic carbocycles. The van der Waals surface area contributed by atoms with Gasteiger partial charge in [-0.25, -0.2) is 0 Å². The van der Waals surface area contributed by atoms with Crippen molar-refractivity contribution < 1.29 is 28.4 Å². The highest BCUT2D eigenvalue weighted by molar-refractivity contribution is 5.13. The Morgan fingerprint density at radius 2 is 1.60 bits per heavy atom. The van der Waals surface area contributed by atoms with Gasteiger partial charge in [0, 0.05) is 0 Å². The molecule has 6 heteroatoms. The van der Waals surface area contributed by atoms with Crippen molar-refractivity contribution in [3.8, 4) is 0 Å². The molecule has 0 bridgehead atoms. The van der Waals surface area contributed by atoms with Gasteiger partial charge in [0.25, 0.3) is 0 Å². The lowest BCUT2D eigenvalue weighted by atomic mass is 9.97. The molecule has 0 N–H and O–H groups in total. The van der Waals surface area contributed by atoms with Crippen LogP contribution in [0.25, 0.3) is 0 Å². The third kappa shape index (κ3) is 3.60. The minimum atomic E-state index is -0.701. The van der Waals surface area contributed by atoms with Crippen LogP contribution in [0, 0.1) is 0 Å². The minimum Gasteiger partial charge on any atom is -0.348 e. The van der Waals surface area contributed by atoms with Gasteiger partial charge in [-0.2, -0.15) is 0 Å². The van der Waals surface area contributed by atoms with Crippen LogP contribution < -0.4 is 0 Å². The van der Waals surface area contributed by atoms with Crippen LogP contribution in [-0.2, 0) is 35.0 Å². The fraction of sp³-hybridized carbons (Fsp3) is 0.684. The second-order valence-electron chi connectivity index (χ2n) is 7.70. The molecule has 0 spiro atoms. The SMILES string of the molecule is CC1(C)OCC2O[C@@H](OCc3ccccc3)C3OC(C)(C)O[C@H]3[C@@H]2O1. The molecular weight excluding hydrogens is 324 g/mol. The fourth-order valence-electron chi connectivity index (χ4n) is 3.63. The second kappa shape index (κ2) is 6.30. The normalized spacial score (nSPS) is 38.8. The van der Waals surface area contributed by atoms with Crippen molar-refractivity contribution in [1.29, 1.82) is 0 Å². The van der Waals surface area contributed by atoms with Gasteiger partial charge in [0.05, 0.1) is 13.2 Å². The molecule has 138 valence electrons. The molecule has 3 saturated heterocycles. The Labute approximate surface area is 148 Å². The van der Waals surface area contributed by atoms with Gasteiger partial charge >= 0.3 is 0 Å². The molecular formula is C19H26O6. The zero-order valence-electron chi connectivity index (χ0n) is 15.1. The molecule has 2 unspecified atom stereocenters. The number of rotatable bonds is 3. The molecule has 4 rings (SSSR count). The monoisotopic (exact) mass is 350 g/mol. The number of benzene rings is 1. The van der Waals surface area contributed by atoms with Crippen molar-refractivity contribution in [3.05, 3.63) is 35.9 Å². The molecule has 25 heavy (non-hydrogen) atoms. The first-order valence-electron chi connectivity index (χ1n) is 8.81. The molecule has 0 amide bonds. The largest absolute Gasteiger partial charge is 0.348 e. The van der Waals surface area contributed by atoms with Crippen molar-refractivity contribution >= 4 is 0 Å². The summed E-state index contributed by atoms with van der Waals surface area (Å²) in [6.45, 7) is 8.49. The van der Waals surface area contributed by atoms with Crippen LogP contribution in [0.1, 0.15) is 33.3 Å². The fourth-order valence-corrected chi connectivity index (χ4v) is 3.63. The summed E-state index contributed by atoms with van der Waals surface area (Å²) >= 11 is 0. The van der Waals surface area contributed by atoms with E-state index in [0.717, 1.165) is 5.56 Å². The van der Waals surface area contributed by atoms with Crippen molar-refractivity contribution in [3.63, 3.8) is 0 Å². The number of ether oxygens (including phenoxy) is 6. The Bertz CT molecular complexity index is 601. The van der Waals surface area contributed by atoms with Gasteiger partial charge < -0.3 is 28.4 Å². The Balaban J connectivity index is 1.51. The summed E-state index contributed by atoms with van der Waals surface area (Å²) in [6, 6.07) is 10.0. The molecule has 0 saturated carbocycles. The average molecular weight is 350 g/mol. The second-order valence-corrected chi connectivity index (χ2v) is 7.70. The number of hydrogen-bond donors (Lipinski definition) is 0. The van der Waals surface area contributed by atoms with Crippen molar-refractivity contribution in [2.75, 3.05) is 6.61 Å². The molecule has 0 aromatic heterocycles. The average Bonchev–Trinajstić information content (AvgIpc) is 2.89. The molecule has 6 nitrogen and oxygen atoms in total. The van der Waals surface area contributed by atoms with Crippen LogP contribution in [0.15, 0.2) is 30.3 Å². The lowest BCUT2D eigenvalue weighted by Gasteiger charge is -2.48. The smallest absolute Gasteiger partial charge is 0.187 e. The summed E-state index contributed by atoms with van der Waals surface area (Å²) in [5.74, 6) is -1.36. The van der Waals surface area contributed by atoms with E-state index in [1.165, 1.54) is 0 Å². The lowest BCUT2D eigenvalue weighted by Crippen LogP contribution is -2.63. The van der Waals surface area contributed by atoms with E-state index in [9.17, 15) is 0 Å². The maximum absolute atomic E-state index is 6.14. The predicted molar refractivity (Wildman–Crippen MR) is 88.6 cm³/mol. The van der Waals surface area contributed by atoms with E-state index in [1.54, 1.807) is 0 Å². The summed E-state index contributed by atoms with van der Waals surface area (Å²) in [5.41, 5.74) is 1.08. The first-order valence-corrected chi connectivity index (χ1v) is 8.81. The highest BCUT2D eigenvalue weighted by atomic mass is 16.8. The zero-order chi connectivity index (χ0) is 17.7. The first-order chi connectivity index (χ1) is 11.8. The zero-order valence-corrected chi connectivity index (χ0v) is 15.1. The molecule has 3 aliphatic heterocycles. The lowest BCUT2D eigenvalue weighted by molar-refractivity contribution is -0.371. The van der Waals surface area contributed by atoms with E-state index in [2.05, 4.69) is 0 Å². The summed E-state index contributed by atoms with van der Waals surface area (Å²) < 4.78 is 36.2. The summed E-state index contributed by atoms with van der Waals surface area (Å²) in [5, 5.41) is 0. The molecule has 1 aromatic carbocycles. The number of fused-ring (bicyclic) bond motifs is 3. The standard InChI is InChI=1S/C19H26O6/c1-18(2)21-11-13-14(23-18)15-16(25-19(3,4)24-15)17(22-13)20-10-12-8-6-5-7-9-12/h5-9,13-17H,10-11H2,1-4H3/t13?,14-,15+,16?,17-/m1/s1. The van der Waals surface area contributed by atoms with Gasteiger partial charge in [0.15, 0.2) is 17.9 Å². The van der Waals surface area contributed by atoms with Gasteiger partial charge in [0.2, 0.25) is 0 Å². The number of hydrogen-bond acceptors (Lipinski definition) is 6. The van der Waals surface area contributed by atoms with Crippen LogP contribution in [0.3, 0.4) is 0 Å². The summed E-state index contributed by atoms with van der Waals surface area (Å²) in [4.78, 5) is 0. The molecule has 3 fully saturated rings. The highest BCUT2D eigenvalue weighted by Crippen LogP contribution is 2.42. The Morgan fingerprint density at radius 3 is 2.36 bits per heavy atom. The van der Waals surface area contributed by atoms with Crippen LogP contribution in [-0.4, -0.2) is 48.9 Å². The maximum Gasteiger partial charge on any atom is 0.187 e. The van der Waals surface area contributed by atoms with E-state index in [4.69, 9.17) is 28.4 Å². The third-order valence-corrected chi connectivity index (χ3v) is 4.70. The first kappa shape index (κ1) is 17.4.